The maximum atomic E-state index is 12.3. The van der Waals surface area contributed by atoms with Crippen LogP contribution >= 0.6 is 0 Å². The molecule has 0 aliphatic rings. The Labute approximate surface area is 154 Å². The third-order valence-electron chi connectivity index (χ3n) is 3.95. The number of hydrogen-bond donors (Lipinski definition) is 2. The Morgan fingerprint density at radius 3 is 2.50 bits per heavy atom. The molecule has 1 aromatic heterocycles. The Hall–Kier alpha value is -2.34. The van der Waals surface area contributed by atoms with Crippen LogP contribution in [0.2, 0.25) is 0 Å². The Morgan fingerprint density at radius 2 is 1.92 bits per heavy atom. The van der Waals surface area contributed by atoms with E-state index < -0.39 is 11.7 Å². The van der Waals surface area contributed by atoms with Crippen molar-refractivity contribution >= 4 is 22.9 Å². The minimum Gasteiger partial charge on any atom is -0.443 e. The highest BCUT2D eigenvalue weighted by molar-refractivity contribution is 5.90. The largest absolute Gasteiger partial charge is 0.443 e. The van der Waals surface area contributed by atoms with Gasteiger partial charge in [-0.15, -0.1) is 0 Å². The van der Waals surface area contributed by atoms with Crippen molar-refractivity contribution in [1.82, 2.24) is 9.88 Å². The van der Waals surface area contributed by atoms with Crippen LogP contribution in [0, 0.1) is 5.92 Å². The number of benzene rings is 1. The fourth-order valence-electron chi connectivity index (χ4n) is 2.78. The van der Waals surface area contributed by atoms with E-state index in [0.717, 1.165) is 16.5 Å². The minimum absolute atomic E-state index is 0.337. The number of hydrogen-bond acceptors (Lipinski definition) is 4. The van der Waals surface area contributed by atoms with Gasteiger partial charge in [-0.05, 0) is 56.9 Å². The van der Waals surface area contributed by atoms with Crippen molar-refractivity contribution in [2.45, 2.75) is 59.2 Å². The first-order chi connectivity index (χ1) is 12.1. The number of fused-ring (bicyclic) bond motifs is 1. The number of rotatable bonds is 6. The SMILES string of the molecule is CC(C)CC(NCc1ccc2c(ccn2C(=O)OC(C)(C)C)c1)C(N)=O. The number of aromatic nitrogens is 1. The van der Waals surface area contributed by atoms with Gasteiger partial charge in [0.1, 0.15) is 5.60 Å². The van der Waals surface area contributed by atoms with Gasteiger partial charge in [0.2, 0.25) is 5.91 Å². The van der Waals surface area contributed by atoms with Crippen LogP contribution in [0.25, 0.3) is 10.9 Å². The fourth-order valence-corrected chi connectivity index (χ4v) is 2.78. The van der Waals surface area contributed by atoms with Gasteiger partial charge in [-0.25, -0.2) is 4.79 Å². The molecule has 0 aliphatic carbocycles. The van der Waals surface area contributed by atoms with E-state index in [4.69, 9.17) is 10.5 Å². The maximum Gasteiger partial charge on any atom is 0.418 e. The highest BCUT2D eigenvalue weighted by Crippen LogP contribution is 2.20. The summed E-state index contributed by atoms with van der Waals surface area (Å²) in [7, 11) is 0. The fraction of sp³-hybridized carbons (Fsp3) is 0.500. The summed E-state index contributed by atoms with van der Waals surface area (Å²) in [5, 5.41) is 4.16. The van der Waals surface area contributed by atoms with Crippen molar-refractivity contribution in [3.63, 3.8) is 0 Å². The monoisotopic (exact) mass is 359 g/mol. The number of carbonyl (C=O) groups is 2. The second kappa shape index (κ2) is 7.91. The molecule has 1 aromatic carbocycles. The Bertz CT molecular complexity index is 787. The summed E-state index contributed by atoms with van der Waals surface area (Å²) in [5.41, 5.74) is 6.74. The van der Waals surface area contributed by atoms with Gasteiger partial charge < -0.3 is 15.8 Å². The first kappa shape index (κ1) is 20.0. The Kier molecular flexibility index (Phi) is 6.08. The topological polar surface area (TPSA) is 86.3 Å². The molecule has 1 atom stereocenters. The molecule has 142 valence electrons. The zero-order chi connectivity index (χ0) is 19.5. The van der Waals surface area contributed by atoms with Crippen LogP contribution in [0.5, 0.6) is 0 Å². The lowest BCUT2D eigenvalue weighted by Gasteiger charge is -2.20. The molecule has 1 amide bonds. The number of ether oxygens (including phenoxy) is 1. The second-order valence-electron chi connectivity index (χ2n) is 8.02. The van der Waals surface area contributed by atoms with Crippen molar-refractivity contribution in [1.29, 1.82) is 0 Å². The van der Waals surface area contributed by atoms with Crippen LogP contribution in [0.3, 0.4) is 0 Å². The summed E-state index contributed by atoms with van der Waals surface area (Å²) in [6.07, 6.45) is 2.01. The van der Waals surface area contributed by atoms with Crippen molar-refractivity contribution in [3.8, 4) is 0 Å². The minimum atomic E-state index is -0.544. The van der Waals surface area contributed by atoms with Gasteiger partial charge in [-0.3, -0.25) is 9.36 Å². The quantitative estimate of drug-likeness (QED) is 0.827. The first-order valence-electron chi connectivity index (χ1n) is 8.93. The van der Waals surface area contributed by atoms with E-state index in [-0.39, 0.29) is 11.9 Å². The molecule has 26 heavy (non-hydrogen) atoms. The normalized spacial score (nSPS) is 13.2. The lowest BCUT2D eigenvalue weighted by Crippen LogP contribution is -2.41. The van der Waals surface area contributed by atoms with Gasteiger partial charge in [0.05, 0.1) is 11.6 Å². The maximum absolute atomic E-state index is 12.3. The van der Waals surface area contributed by atoms with Crippen LogP contribution in [-0.2, 0) is 16.1 Å². The van der Waals surface area contributed by atoms with E-state index in [1.807, 2.05) is 45.0 Å². The highest BCUT2D eigenvalue weighted by Gasteiger charge is 2.19. The van der Waals surface area contributed by atoms with Crippen molar-refractivity contribution < 1.29 is 14.3 Å². The number of nitrogens with zero attached hydrogens (tertiary/aromatic N) is 1. The Morgan fingerprint density at radius 1 is 1.23 bits per heavy atom. The number of primary amides is 1. The van der Waals surface area contributed by atoms with Crippen LogP contribution in [0.15, 0.2) is 30.5 Å². The predicted molar refractivity (Wildman–Crippen MR) is 103 cm³/mol. The molecule has 2 rings (SSSR count). The molecule has 0 aliphatic heterocycles. The van der Waals surface area contributed by atoms with Gasteiger partial charge in [-0.1, -0.05) is 19.9 Å². The van der Waals surface area contributed by atoms with E-state index in [2.05, 4.69) is 19.2 Å². The lowest BCUT2D eigenvalue weighted by molar-refractivity contribution is -0.120. The van der Waals surface area contributed by atoms with Gasteiger partial charge in [0.15, 0.2) is 0 Å². The zero-order valence-corrected chi connectivity index (χ0v) is 16.2. The molecule has 0 saturated heterocycles. The van der Waals surface area contributed by atoms with Crippen LogP contribution in [0.1, 0.15) is 46.6 Å². The lowest BCUT2D eigenvalue weighted by atomic mass is 10.0. The first-order valence-corrected chi connectivity index (χ1v) is 8.93. The summed E-state index contributed by atoms with van der Waals surface area (Å²) >= 11 is 0. The van der Waals surface area contributed by atoms with Gasteiger partial charge in [0.25, 0.3) is 0 Å². The average Bonchev–Trinajstić information content (AvgIpc) is 2.92. The molecule has 3 N–H and O–H groups in total. The summed E-state index contributed by atoms with van der Waals surface area (Å²) in [6.45, 7) is 10.2. The molecule has 1 heterocycles. The molecule has 6 nitrogen and oxygen atoms in total. The van der Waals surface area contributed by atoms with Gasteiger partial charge >= 0.3 is 6.09 Å². The van der Waals surface area contributed by atoms with Crippen molar-refractivity contribution in [2.75, 3.05) is 0 Å². The average molecular weight is 359 g/mol. The van der Waals surface area contributed by atoms with Crippen LogP contribution in [0.4, 0.5) is 4.79 Å². The molecule has 0 radical (unpaired) electrons. The molecule has 6 heteroatoms. The molecular weight excluding hydrogens is 330 g/mol. The molecule has 1 unspecified atom stereocenters. The van der Waals surface area contributed by atoms with E-state index in [0.29, 0.717) is 18.9 Å². The van der Waals surface area contributed by atoms with E-state index in [9.17, 15) is 9.59 Å². The summed E-state index contributed by atoms with van der Waals surface area (Å²) in [4.78, 5) is 23.9. The van der Waals surface area contributed by atoms with E-state index in [1.54, 1.807) is 6.20 Å². The third-order valence-corrected chi connectivity index (χ3v) is 3.95. The van der Waals surface area contributed by atoms with Crippen molar-refractivity contribution in [3.05, 3.63) is 36.0 Å². The molecule has 0 fully saturated rings. The Balaban J connectivity index is 2.13. The summed E-state index contributed by atoms with van der Waals surface area (Å²) in [5.74, 6) is 0.0428. The molecule has 0 bridgehead atoms. The van der Waals surface area contributed by atoms with Crippen molar-refractivity contribution in [2.24, 2.45) is 11.7 Å². The van der Waals surface area contributed by atoms with Crippen LogP contribution in [-0.4, -0.2) is 28.2 Å². The van der Waals surface area contributed by atoms with Crippen LogP contribution < -0.4 is 11.1 Å². The number of amides is 1. The highest BCUT2D eigenvalue weighted by atomic mass is 16.6. The predicted octanol–water partition coefficient (Wildman–Crippen LogP) is 3.41. The smallest absolute Gasteiger partial charge is 0.418 e. The molecule has 0 saturated carbocycles. The molecule has 0 spiro atoms. The van der Waals surface area contributed by atoms with E-state index >= 15 is 0 Å². The van der Waals surface area contributed by atoms with Gasteiger partial charge in [0, 0.05) is 18.1 Å². The number of carbonyl (C=O) groups excluding carboxylic acids is 2. The number of nitrogens with two attached hydrogens (primary N) is 1. The van der Waals surface area contributed by atoms with E-state index in [1.165, 1.54) is 4.57 Å². The molecular formula is C20H29N3O3. The number of nitrogens with one attached hydrogen (secondary N) is 1. The third kappa shape index (κ3) is 5.33. The van der Waals surface area contributed by atoms with Gasteiger partial charge in [-0.2, -0.15) is 0 Å². The second-order valence-corrected chi connectivity index (χ2v) is 8.02. The molecule has 2 aromatic rings. The summed E-state index contributed by atoms with van der Waals surface area (Å²) in [6, 6.07) is 7.35. The standard InChI is InChI=1S/C20H29N3O3/c1-13(2)10-16(18(21)24)22-12-14-6-7-17-15(11-14)8-9-23(17)19(25)26-20(3,4)5/h6-9,11,13,16,22H,10,12H2,1-5H3,(H2,21,24). The zero-order valence-electron chi connectivity index (χ0n) is 16.2. The summed E-state index contributed by atoms with van der Waals surface area (Å²) < 4.78 is 6.93.